The van der Waals surface area contributed by atoms with Crippen LogP contribution in [0.15, 0.2) is 89.5 Å². The van der Waals surface area contributed by atoms with Gasteiger partial charge in [0.1, 0.15) is 11.5 Å². The van der Waals surface area contributed by atoms with Crippen LogP contribution >= 0.6 is 11.6 Å². The Balaban J connectivity index is 1.46. The number of hydrogen-bond acceptors (Lipinski definition) is 3. The summed E-state index contributed by atoms with van der Waals surface area (Å²) in [7, 11) is 0. The quantitative estimate of drug-likeness (QED) is 0.281. The molecule has 7 heteroatoms. The van der Waals surface area contributed by atoms with Gasteiger partial charge in [-0.1, -0.05) is 48.0 Å². The summed E-state index contributed by atoms with van der Waals surface area (Å²) in [6.45, 7) is 0.697. The van der Waals surface area contributed by atoms with Gasteiger partial charge in [-0.05, 0) is 53.6 Å². The lowest BCUT2D eigenvalue weighted by Crippen LogP contribution is -2.13. The van der Waals surface area contributed by atoms with E-state index in [0.717, 1.165) is 22.2 Å². The second-order valence-corrected chi connectivity index (χ2v) is 9.31. The van der Waals surface area contributed by atoms with Crippen molar-refractivity contribution in [2.45, 2.75) is 18.9 Å². The van der Waals surface area contributed by atoms with Gasteiger partial charge in [-0.15, -0.1) is 0 Å². The normalized spacial score (nSPS) is 15.0. The molecule has 0 radical (unpaired) electrons. The highest BCUT2D eigenvalue weighted by Gasteiger charge is 2.30. The third-order valence-electron chi connectivity index (χ3n) is 6.62. The van der Waals surface area contributed by atoms with Crippen LogP contribution in [0, 0.1) is 0 Å². The van der Waals surface area contributed by atoms with Crippen LogP contribution < -0.4 is 5.32 Å². The van der Waals surface area contributed by atoms with Crippen molar-refractivity contribution in [3.05, 3.63) is 113 Å². The minimum atomic E-state index is -1.04. The summed E-state index contributed by atoms with van der Waals surface area (Å²) < 4.78 is 8.44. The lowest BCUT2D eigenvalue weighted by atomic mass is 9.93. The molecule has 3 heterocycles. The van der Waals surface area contributed by atoms with Gasteiger partial charge in [0.2, 0.25) is 5.91 Å². The standard InChI is InChI=1S/C29H21ClN2O4/c30-22-10-9-18(29(34)35)13-20(22)26-12-11-25(36-26)19-14-27(33)31-23-7-4-8-24-28(23)21(19)16-32(24)15-17-5-2-1-3-6-17/h1-13,16,19H,14-15H2,(H,31,33)(H,34,35)/t19-/m1/s1. The highest BCUT2D eigenvalue weighted by atomic mass is 35.5. The Hall–Kier alpha value is -4.29. The number of aromatic carboxylic acids is 1. The summed E-state index contributed by atoms with van der Waals surface area (Å²) in [4.78, 5) is 24.3. The van der Waals surface area contributed by atoms with E-state index in [2.05, 4.69) is 34.3 Å². The largest absolute Gasteiger partial charge is 0.478 e. The molecule has 5 aromatic rings. The molecular weight excluding hydrogens is 476 g/mol. The molecule has 0 bridgehead atoms. The second-order valence-electron chi connectivity index (χ2n) is 8.90. The summed E-state index contributed by atoms with van der Waals surface area (Å²) in [5, 5.41) is 13.8. The SMILES string of the molecule is O=C1C[C@@H](c2ccc(-c3cc(C(=O)O)ccc3Cl)o2)c2cn(Cc3ccccc3)c3cccc(c23)N1. The number of carboxylic acids is 1. The molecule has 1 aliphatic rings. The molecule has 0 fully saturated rings. The van der Waals surface area contributed by atoms with E-state index in [4.69, 9.17) is 16.0 Å². The molecule has 3 aromatic carbocycles. The molecule has 2 N–H and O–H groups in total. The van der Waals surface area contributed by atoms with Crippen LogP contribution in [0.2, 0.25) is 5.02 Å². The molecule has 6 nitrogen and oxygen atoms in total. The highest BCUT2D eigenvalue weighted by molar-refractivity contribution is 6.33. The molecule has 36 heavy (non-hydrogen) atoms. The third-order valence-corrected chi connectivity index (χ3v) is 6.95. The average molecular weight is 497 g/mol. The second kappa shape index (κ2) is 8.73. The Morgan fingerprint density at radius 2 is 1.89 bits per heavy atom. The first-order valence-electron chi connectivity index (χ1n) is 11.6. The predicted octanol–water partition coefficient (Wildman–Crippen LogP) is 6.78. The molecule has 0 aliphatic carbocycles. The smallest absolute Gasteiger partial charge is 0.335 e. The Kier molecular flexibility index (Phi) is 5.38. The maximum absolute atomic E-state index is 12.9. The lowest BCUT2D eigenvalue weighted by molar-refractivity contribution is -0.116. The molecule has 0 spiro atoms. The van der Waals surface area contributed by atoms with Gasteiger partial charge in [-0.25, -0.2) is 4.79 Å². The van der Waals surface area contributed by atoms with Gasteiger partial charge in [0.15, 0.2) is 0 Å². The molecule has 0 saturated carbocycles. The van der Waals surface area contributed by atoms with E-state index in [-0.39, 0.29) is 23.8 Å². The summed E-state index contributed by atoms with van der Waals surface area (Å²) in [5.74, 6) is -0.382. The zero-order chi connectivity index (χ0) is 24.8. The van der Waals surface area contributed by atoms with E-state index < -0.39 is 5.97 Å². The maximum atomic E-state index is 12.9. The topological polar surface area (TPSA) is 84.5 Å². The van der Waals surface area contributed by atoms with Crippen LogP contribution in [-0.2, 0) is 11.3 Å². The maximum Gasteiger partial charge on any atom is 0.335 e. The number of carbonyl (C=O) groups excluding carboxylic acids is 1. The summed E-state index contributed by atoms with van der Waals surface area (Å²) in [5.41, 5.74) is 4.61. The Morgan fingerprint density at radius 3 is 2.69 bits per heavy atom. The molecular formula is C29H21ClN2O4. The van der Waals surface area contributed by atoms with Crippen LogP contribution in [0.5, 0.6) is 0 Å². The Labute approximate surface area is 211 Å². The number of nitrogens with one attached hydrogen (secondary N) is 1. The molecule has 6 rings (SSSR count). The zero-order valence-corrected chi connectivity index (χ0v) is 19.8. The first-order chi connectivity index (χ1) is 17.5. The summed E-state index contributed by atoms with van der Waals surface area (Å²) in [6, 6.07) is 24.3. The van der Waals surface area contributed by atoms with Crippen molar-refractivity contribution in [3.8, 4) is 11.3 Å². The number of hydrogen-bond donors (Lipinski definition) is 2. The van der Waals surface area contributed by atoms with Gasteiger partial charge in [0, 0.05) is 30.1 Å². The van der Waals surface area contributed by atoms with E-state index in [0.29, 0.717) is 28.7 Å². The van der Waals surface area contributed by atoms with Gasteiger partial charge in [0.25, 0.3) is 0 Å². The van der Waals surface area contributed by atoms with E-state index in [9.17, 15) is 14.7 Å². The minimum absolute atomic E-state index is 0.0952. The van der Waals surface area contributed by atoms with Crippen LogP contribution in [0.3, 0.4) is 0 Å². The first kappa shape index (κ1) is 22.2. The Morgan fingerprint density at radius 1 is 1.06 bits per heavy atom. The number of halogens is 1. The molecule has 1 amide bonds. The van der Waals surface area contributed by atoms with E-state index in [1.807, 2.05) is 36.4 Å². The zero-order valence-electron chi connectivity index (χ0n) is 19.1. The summed E-state index contributed by atoms with van der Waals surface area (Å²) >= 11 is 6.37. The van der Waals surface area contributed by atoms with Crippen molar-refractivity contribution in [1.29, 1.82) is 0 Å². The number of benzene rings is 3. The van der Waals surface area contributed by atoms with Gasteiger partial charge < -0.3 is 19.4 Å². The van der Waals surface area contributed by atoms with Crippen molar-refractivity contribution >= 4 is 40.1 Å². The van der Waals surface area contributed by atoms with Crippen molar-refractivity contribution in [3.63, 3.8) is 0 Å². The van der Waals surface area contributed by atoms with Gasteiger partial charge >= 0.3 is 5.97 Å². The Bertz CT molecular complexity index is 1630. The van der Waals surface area contributed by atoms with Crippen LogP contribution in [0.1, 0.15) is 39.6 Å². The van der Waals surface area contributed by atoms with Gasteiger partial charge in [0.05, 0.1) is 27.7 Å². The number of carboxylic acid groups (broad SMARTS) is 1. The molecule has 1 atom stereocenters. The van der Waals surface area contributed by atoms with E-state index >= 15 is 0 Å². The first-order valence-corrected chi connectivity index (χ1v) is 11.9. The lowest BCUT2D eigenvalue weighted by Gasteiger charge is -2.11. The van der Waals surface area contributed by atoms with Crippen LogP contribution in [0.25, 0.3) is 22.2 Å². The molecule has 1 aliphatic heterocycles. The summed E-state index contributed by atoms with van der Waals surface area (Å²) in [6.07, 6.45) is 2.32. The number of carbonyl (C=O) groups is 2. The van der Waals surface area contributed by atoms with E-state index in [1.54, 1.807) is 12.1 Å². The minimum Gasteiger partial charge on any atom is -0.478 e. The molecule has 2 aromatic heterocycles. The van der Waals surface area contributed by atoms with Gasteiger partial charge in [-0.3, -0.25) is 4.79 Å². The number of amides is 1. The fourth-order valence-corrected chi connectivity index (χ4v) is 5.16. The fourth-order valence-electron chi connectivity index (χ4n) is 4.95. The van der Waals surface area contributed by atoms with E-state index in [1.165, 1.54) is 17.7 Å². The molecule has 178 valence electrons. The third kappa shape index (κ3) is 3.85. The van der Waals surface area contributed by atoms with Crippen LogP contribution in [0.4, 0.5) is 5.69 Å². The number of rotatable bonds is 5. The highest BCUT2D eigenvalue weighted by Crippen LogP contribution is 2.42. The number of aromatic nitrogens is 1. The molecule has 0 saturated heterocycles. The molecule has 0 unspecified atom stereocenters. The van der Waals surface area contributed by atoms with Crippen molar-refractivity contribution in [1.82, 2.24) is 4.57 Å². The number of furan rings is 1. The number of anilines is 1. The number of nitrogens with zero attached hydrogens (tertiary/aromatic N) is 1. The van der Waals surface area contributed by atoms with Crippen LogP contribution in [-0.4, -0.2) is 21.6 Å². The van der Waals surface area contributed by atoms with Gasteiger partial charge in [-0.2, -0.15) is 0 Å². The predicted molar refractivity (Wildman–Crippen MR) is 139 cm³/mol. The monoisotopic (exact) mass is 496 g/mol. The average Bonchev–Trinajstić information content (AvgIpc) is 3.46. The van der Waals surface area contributed by atoms with Crippen molar-refractivity contribution < 1.29 is 19.1 Å². The van der Waals surface area contributed by atoms with Crippen molar-refractivity contribution in [2.75, 3.05) is 5.32 Å². The van der Waals surface area contributed by atoms with Crippen molar-refractivity contribution in [2.24, 2.45) is 0 Å². The fraction of sp³-hybridized carbons (Fsp3) is 0.103.